The molecule has 2 fully saturated rings. The van der Waals surface area contributed by atoms with Gasteiger partial charge in [-0.1, -0.05) is 29.8 Å². The number of ether oxygens (including phenoxy) is 2. The number of benzene rings is 2. The van der Waals surface area contributed by atoms with Gasteiger partial charge in [-0.2, -0.15) is 4.98 Å². The van der Waals surface area contributed by atoms with Crippen LogP contribution < -0.4 is 10.9 Å². The SMILES string of the molecule is O=C([C@H]1OCO[C@@H]1CNc1ncc2cc(-c3ccccc3Cl)c(=O)n(-c3ccc(F)cc3)c2n1)N1CCCC1. The molecule has 2 saturated heterocycles. The second kappa shape index (κ2) is 10.7. The topological polar surface area (TPSA) is 98.6 Å². The van der Waals surface area contributed by atoms with Crippen molar-refractivity contribution >= 4 is 34.5 Å². The number of rotatable bonds is 6. The summed E-state index contributed by atoms with van der Waals surface area (Å²) in [4.78, 5) is 37.5. The van der Waals surface area contributed by atoms with Gasteiger partial charge in [0.1, 0.15) is 18.7 Å². The van der Waals surface area contributed by atoms with Gasteiger partial charge in [0.15, 0.2) is 11.8 Å². The number of hydrogen-bond donors (Lipinski definition) is 1. The fraction of sp³-hybridized carbons (Fsp3) is 0.286. The lowest BCUT2D eigenvalue weighted by atomic mass is 10.1. The molecule has 2 aliphatic rings. The van der Waals surface area contributed by atoms with Crippen molar-refractivity contribution in [2.45, 2.75) is 25.0 Å². The highest BCUT2D eigenvalue weighted by Gasteiger charge is 2.38. The van der Waals surface area contributed by atoms with Gasteiger partial charge in [0.25, 0.3) is 11.5 Å². The summed E-state index contributed by atoms with van der Waals surface area (Å²) in [5, 5.41) is 4.13. The highest BCUT2D eigenvalue weighted by atomic mass is 35.5. The Morgan fingerprint density at radius 1 is 1.08 bits per heavy atom. The zero-order valence-electron chi connectivity index (χ0n) is 20.8. The van der Waals surface area contributed by atoms with Crippen molar-refractivity contribution < 1.29 is 18.7 Å². The monoisotopic (exact) mass is 549 g/mol. The number of halogens is 2. The largest absolute Gasteiger partial charge is 0.351 e. The number of amides is 1. The summed E-state index contributed by atoms with van der Waals surface area (Å²) in [7, 11) is 0. The van der Waals surface area contributed by atoms with E-state index >= 15 is 0 Å². The Kier molecular flexibility index (Phi) is 6.99. The highest BCUT2D eigenvalue weighted by molar-refractivity contribution is 6.33. The van der Waals surface area contributed by atoms with Crippen LogP contribution in [0.4, 0.5) is 10.3 Å². The number of nitrogens with one attached hydrogen (secondary N) is 1. The molecule has 1 amide bonds. The van der Waals surface area contributed by atoms with Gasteiger partial charge in [-0.25, -0.2) is 9.37 Å². The van der Waals surface area contributed by atoms with Crippen LogP contribution in [0, 0.1) is 5.82 Å². The van der Waals surface area contributed by atoms with Crippen LogP contribution in [-0.4, -0.2) is 64.0 Å². The maximum absolute atomic E-state index is 13.8. The fourth-order valence-electron chi connectivity index (χ4n) is 4.98. The Morgan fingerprint density at radius 2 is 1.85 bits per heavy atom. The average Bonchev–Trinajstić information content (AvgIpc) is 3.65. The molecule has 200 valence electrons. The van der Waals surface area contributed by atoms with Crippen molar-refractivity contribution in [2.75, 3.05) is 31.7 Å². The number of carbonyl (C=O) groups is 1. The minimum atomic E-state index is -0.702. The molecule has 6 rings (SSSR count). The van der Waals surface area contributed by atoms with Gasteiger partial charge in [-0.15, -0.1) is 0 Å². The van der Waals surface area contributed by atoms with Crippen molar-refractivity contribution in [1.29, 1.82) is 0 Å². The summed E-state index contributed by atoms with van der Waals surface area (Å²) in [5.74, 6) is -0.258. The first kappa shape index (κ1) is 25.4. The highest BCUT2D eigenvalue weighted by Crippen LogP contribution is 2.28. The van der Waals surface area contributed by atoms with Crippen molar-refractivity contribution in [3.05, 3.63) is 82.0 Å². The third-order valence-corrected chi connectivity index (χ3v) is 7.31. The molecular weight excluding hydrogens is 525 g/mol. The summed E-state index contributed by atoms with van der Waals surface area (Å²) in [6.45, 7) is 1.71. The van der Waals surface area contributed by atoms with Crippen molar-refractivity contribution in [1.82, 2.24) is 19.4 Å². The van der Waals surface area contributed by atoms with E-state index in [2.05, 4.69) is 15.3 Å². The van der Waals surface area contributed by atoms with Crippen LogP contribution in [0.5, 0.6) is 0 Å². The van der Waals surface area contributed by atoms with Gasteiger partial charge in [0.2, 0.25) is 5.95 Å². The lowest BCUT2D eigenvalue weighted by molar-refractivity contribution is -0.140. The van der Waals surface area contributed by atoms with E-state index in [1.165, 1.54) is 28.8 Å². The zero-order chi connectivity index (χ0) is 26.9. The van der Waals surface area contributed by atoms with Crippen molar-refractivity contribution in [3.8, 4) is 16.8 Å². The zero-order valence-corrected chi connectivity index (χ0v) is 21.6. The number of pyridine rings is 1. The van der Waals surface area contributed by atoms with Gasteiger partial charge >= 0.3 is 0 Å². The standard InChI is InChI=1S/C28H25ClFN5O4/c29-22-6-2-1-5-20(22)21-13-17-14-31-28(33-25(17)35(26(21)36)19-9-7-18(30)8-10-19)32-15-23-24(39-16-38-23)27(37)34-11-3-4-12-34/h1-2,5-10,13-14,23-24H,3-4,11-12,15-16H2,(H,31,32,33)/t23-,24+/m1/s1. The lowest BCUT2D eigenvalue weighted by Crippen LogP contribution is -2.44. The van der Waals surface area contributed by atoms with Crippen molar-refractivity contribution in [2.24, 2.45) is 0 Å². The van der Waals surface area contributed by atoms with E-state index in [0.717, 1.165) is 25.9 Å². The minimum absolute atomic E-state index is 0.0318. The minimum Gasteiger partial charge on any atom is -0.351 e. The summed E-state index contributed by atoms with van der Waals surface area (Å²) >= 11 is 6.42. The molecule has 39 heavy (non-hydrogen) atoms. The van der Waals surface area contributed by atoms with E-state index in [-0.39, 0.29) is 30.8 Å². The van der Waals surface area contributed by atoms with Gasteiger partial charge in [-0.05, 0) is 49.2 Å². The lowest BCUT2D eigenvalue weighted by Gasteiger charge is -2.22. The first-order chi connectivity index (χ1) is 19.0. The summed E-state index contributed by atoms with van der Waals surface area (Å²) in [6, 6.07) is 14.3. The number of hydrogen-bond acceptors (Lipinski definition) is 7. The van der Waals surface area contributed by atoms with Crippen LogP contribution in [0.15, 0.2) is 65.6 Å². The van der Waals surface area contributed by atoms with Crippen LogP contribution in [0.3, 0.4) is 0 Å². The Hall–Kier alpha value is -3.86. The van der Waals surface area contributed by atoms with Crippen LogP contribution in [0.25, 0.3) is 27.8 Å². The summed E-state index contributed by atoms with van der Waals surface area (Å²) < 4.78 is 26.4. The van der Waals surface area contributed by atoms with Crippen LogP contribution >= 0.6 is 11.6 Å². The first-order valence-corrected chi connectivity index (χ1v) is 13.1. The molecule has 4 aromatic rings. The van der Waals surface area contributed by atoms with Crippen molar-refractivity contribution in [3.63, 3.8) is 0 Å². The molecule has 1 N–H and O–H groups in total. The van der Waals surface area contributed by atoms with Crippen LogP contribution in [0.2, 0.25) is 5.02 Å². The molecule has 0 bridgehead atoms. The maximum atomic E-state index is 13.8. The molecule has 2 atom stereocenters. The molecule has 9 nitrogen and oxygen atoms in total. The molecule has 0 radical (unpaired) electrons. The molecule has 11 heteroatoms. The fourth-order valence-corrected chi connectivity index (χ4v) is 5.22. The number of likely N-dealkylation sites (tertiary alicyclic amines) is 1. The molecule has 2 aromatic carbocycles. The predicted molar refractivity (Wildman–Crippen MR) is 144 cm³/mol. The Balaban J connectivity index is 1.35. The number of fused-ring (bicyclic) bond motifs is 1. The Labute approximate surface area is 228 Å². The second-order valence-electron chi connectivity index (χ2n) is 9.45. The first-order valence-electron chi connectivity index (χ1n) is 12.7. The van der Waals surface area contributed by atoms with Gasteiger partial charge < -0.3 is 19.7 Å². The average molecular weight is 550 g/mol. The number of nitrogens with zero attached hydrogens (tertiary/aromatic N) is 4. The van der Waals surface area contributed by atoms with E-state index in [9.17, 15) is 14.0 Å². The Bertz CT molecular complexity index is 1590. The quantitative estimate of drug-likeness (QED) is 0.388. The molecule has 0 aliphatic carbocycles. The normalized spacial score (nSPS) is 19.1. The molecule has 0 spiro atoms. The molecule has 2 aromatic heterocycles. The summed E-state index contributed by atoms with van der Waals surface area (Å²) in [6.07, 6.45) is 2.36. The molecule has 0 unspecified atom stereocenters. The van der Waals surface area contributed by atoms with Crippen LogP contribution in [-0.2, 0) is 14.3 Å². The second-order valence-corrected chi connectivity index (χ2v) is 9.86. The van der Waals surface area contributed by atoms with Gasteiger partial charge in [-0.3, -0.25) is 14.2 Å². The van der Waals surface area contributed by atoms with Gasteiger partial charge in [0.05, 0.1) is 5.69 Å². The Morgan fingerprint density at radius 3 is 2.62 bits per heavy atom. The summed E-state index contributed by atoms with van der Waals surface area (Å²) in [5.41, 5.74) is 1.33. The van der Waals surface area contributed by atoms with E-state index in [1.54, 1.807) is 41.4 Å². The third-order valence-electron chi connectivity index (χ3n) is 6.98. The maximum Gasteiger partial charge on any atom is 0.264 e. The smallest absolute Gasteiger partial charge is 0.264 e. The van der Waals surface area contributed by atoms with E-state index in [1.807, 2.05) is 0 Å². The molecule has 2 aliphatic heterocycles. The number of carbonyl (C=O) groups excluding carboxylic acids is 1. The third kappa shape index (κ3) is 4.98. The predicted octanol–water partition coefficient (Wildman–Crippen LogP) is 4.02. The number of anilines is 1. The molecular formula is C28H25ClFN5O4. The van der Waals surface area contributed by atoms with E-state index in [0.29, 0.717) is 32.9 Å². The van der Waals surface area contributed by atoms with Gasteiger partial charge in [0, 0.05) is 47.4 Å². The van der Waals surface area contributed by atoms with Crippen LogP contribution in [0.1, 0.15) is 12.8 Å². The van der Waals surface area contributed by atoms with E-state index in [4.69, 9.17) is 21.1 Å². The molecule has 0 saturated carbocycles. The van der Waals surface area contributed by atoms with E-state index < -0.39 is 18.0 Å². The molecule has 4 heterocycles. The number of aromatic nitrogens is 3.